The summed E-state index contributed by atoms with van der Waals surface area (Å²) >= 11 is 11.6. The lowest BCUT2D eigenvalue weighted by Gasteiger charge is -2.11. The van der Waals surface area contributed by atoms with E-state index in [2.05, 4.69) is 0 Å². The summed E-state index contributed by atoms with van der Waals surface area (Å²) in [6.45, 7) is -0.140. The molecule has 0 spiro atoms. The lowest BCUT2D eigenvalue weighted by molar-refractivity contribution is -0.387. The van der Waals surface area contributed by atoms with Crippen LogP contribution in [0.4, 0.5) is 10.1 Å². The third-order valence-corrected chi connectivity index (χ3v) is 3.33. The first-order valence-corrected chi connectivity index (χ1v) is 6.83. The van der Waals surface area contributed by atoms with E-state index < -0.39 is 16.4 Å². The van der Waals surface area contributed by atoms with Crippen LogP contribution in [0.1, 0.15) is 11.1 Å². The number of hydrogen-bond acceptors (Lipinski definition) is 3. The van der Waals surface area contributed by atoms with Gasteiger partial charge in [0.1, 0.15) is 12.4 Å². The number of ether oxygens (including phenoxy) is 1. The van der Waals surface area contributed by atoms with Crippen LogP contribution in [0.5, 0.6) is 5.75 Å². The average Bonchev–Trinajstić information content (AvgIpc) is 2.46. The normalized spacial score (nSPS) is 10.4. The largest absolute Gasteiger partial charge is 0.488 e. The van der Waals surface area contributed by atoms with Crippen molar-refractivity contribution in [3.63, 3.8) is 0 Å². The molecule has 0 heterocycles. The van der Waals surface area contributed by atoms with Crippen LogP contribution in [0, 0.1) is 15.9 Å². The number of nitro benzene ring substituents is 1. The molecule has 110 valence electrons. The molecule has 0 N–H and O–H groups in total. The van der Waals surface area contributed by atoms with E-state index in [4.69, 9.17) is 27.9 Å². The summed E-state index contributed by atoms with van der Waals surface area (Å²) in [5.74, 6) is -0.253. The number of benzene rings is 2. The summed E-state index contributed by atoms with van der Waals surface area (Å²) in [4.78, 5) is 9.91. The quantitative estimate of drug-likeness (QED) is 0.453. The molecule has 2 aromatic rings. The van der Waals surface area contributed by atoms with Crippen molar-refractivity contribution in [2.45, 2.75) is 12.5 Å². The van der Waals surface area contributed by atoms with E-state index in [1.165, 1.54) is 12.1 Å². The van der Waals surface area contributed by atoms with E-state index in [9.17, 15) is 14.5 Å². The Kier molecular flexibility index (Phi) is 4.98. The number of halogens is 3. The number of nitro groups is 1. The van der Waals surface area contributed by atoms with Gasteiger partial charge >= 0.3 is 5.69 Å². The van der Waals surface area contributed by atoms with E-state index >= 15 is 0 Å². The molecule has 7 heteroatoms. The highest BCUT2D eigenvalue weighted by molar-refractivity contribution is 6.30. The monoisotopic (exact) mass is 329 g/mol. The maximum atomic E-state index is 13.9. The minimum Gasteiger partial charge on any atom is -0.488 e. The highest BCUT2D eigenvalue weighted by Crippen LogP contribution is 2.26. The number of rotatable bonds is 5. The summed E-state index contributed by atoms with van der Waals surface area (Å²) in [7, 11) is 0. The molecule has 0 saturated heterocycles. The van der Waals surface area contributed by atoms with Gasteiger partial charge < -0.3 is 4.74 Å². The second-order valence-corrected chi connectivity index (χ2v) is 4.89. The molecular formula is C14H10Cl2FNO3. The Morgan fingerprint density at radius 1 is 1.24 bits per heavy atom. The minimum atomic E-state index is -0.899. The fraction of sp³-hybridized carbons (Fsp3) is 0.143. The minimum absolute atomic E-state index is 0.0969. The fourth-order valence-electron chi connectivity index (χ4n) is 1.77. The topological polar surface area (TPSA) is 52.4 Å². The smallest absolute Gasteiger partial charge is 0.305 e. The van der Waals surface area contributed by atoms with Crippen molar-refractivity contribution in [1.29, 1.82) is 0 Å². The van der Waals surface area contributed by atoms with Gasteiger partial charge in [0.05, 0.1) is 10.8 Å². The van der Waals surface area contributed by atoms with Crippen molar-refractivity contribution in [2.24, 2.45) is 0 Å². The van der Waals surface area contributed by atoms with Crippen LogP contribution in [0.3, 0.4) is 0 Å². The van der Waals surface area contributed by atoms with Gasteiger partial charge in [-0.1, -0.05) is 23.7 Å². The summed E-state index contributed by atoms with van der Waals surface area (Å²) in [6, 6.07) is 8.83. The highest BCUT2D eigenvalue weighted by atomic mass is 35.5. The predicted molar refractivity (Wildman–Crippen MR) is 78.4 cm³/mol. The first kappa shape index (κ1) is 15.5. The molecule has 0 amide bonds. The summed E-state index contributed by atoms with van der Waals surface area (Å²) in [5.41, 5.74) is 0.180. The van der Waals surface area contributed by atoms with Gasteiger partial charge in [0.25, 0.3) is 0 Å². The molecule has 0 aliphatic rings. The Bertz CT molecular complexity index is 679. The van der Waals surface area contributed by atoms with Crippen LogP contribution in [-0.4, -0.2) is 4.92 Å². The molecule has 2 rings (SSSR count). The highest BCUT2D eigenvalue weighted by Gasteiger charge is 2.17. The Morgan fingerprint density at radius 3 is 2.67 bits per heavy atom. The molecule has 0 aromatic heterocycles. The maximum absolute atomic E-state index is 13.9. The van der Waals surface area contributed by atoms with E-state index in [0.717, 1.165) is 6.07 Å². The molecule has 0 bridgehead atoms. The molecule has 0 saturated carbocycles. The third kappa shape index (κ3) is 3.62. The van der Waals surface area contributed by atoms with Gasteiger partial charge in [0.2, 0.25) is 5.82 Å². The van der Waals surface area contributed by atoms with Crippen LogP contribution in [0.15, 0.2) is 36.4 Å². The summed E-state index contributed by atoms with van der Waals surface area (Å²) in [5, 5.41) is 11.2. The van der Waals surface area contributed by atoms with Crippen LogP contribution in [0.25, 0.3) is 0 Å². The standard InChI is InChI=1S/C14H10Cl2FNO3/c15-7-10-6-11(16)4-5-13(10)21-8-9-2-1-3-12(14(9)17)18(19)20/h1-6H,7-8H2. The zero-order valence-corrected chi connectivity index (χ0v) is 12.2. The van der Waals surface area contributed by atoms with Crippen molar-refractivity contribution in [3.05, 3.63) is 68.5 Å². The molecule has 4 nitrogen and oxygen atoms in total. The molecular weight excluding hydrogens is 320 g/mol. The van der Waals surface area contributed by atoms with Crippen molar-refractivity contribution < 1.29 is 14.1 Å². The third-order valence-electron chi connectivity index (χ3n) is 2.80. The number of nitrogens with zero attached hydrogens (tertiary/aromatic N) is 1. The van der Waals surface area contributed by atoms with Gasteiger partial charge in [0, 0.05) is 22.2 Å². The molecule has 0 aliphatic carbocycles. The Balaban J connectivity index is 2.21. The predicted octanol–water partition coefficient (Wildman–Crippen LogP) is 4.71. The average molecular weight is 330 g/mol. The zero-order valence-electron chi connectivity index (χ0n) is 10.7. The zero-order chi connectivity index (χ0) is 15.4. The Hall–Kier alpha value is -1.85. The van der Waals surface area contributed by atoms with E-state index in [0.29, 0.717) is 16.3 Å². The molecule has 0 unspecified atom stereocenters. The van der Waals surface area contributed by atoms with Crippen LogP contribution in [0.2, 0.25) is 5.02 Å². The SMILES string of the molecule is O=[N+]([O-])c1cccc(COc2ccc(Cl)cc2CCl)c1F. The molecule has 2 aromatic carbocycles. The molecule has 0 radical (unpaired) electrons. The number of hydrogen-bond donors (Lipinski definition) is 0. The van der Waals surface area contributed by atoms with Gasteiger partial charge in [-0.2, -0.15) is 4.39 Å². The van der Waals surface area contributed by atoms with Crippen molar-refractivity contribution in [1.82, 2.24) is 0 Å². The molecule has 0 atom stereocenters. The lowest BCUT2D eigenvalue weighted by Crippen LogP contribution is -2.03. The van der Waals surface area contributed by atoms with E-state index in [1.807, 2.05) is 0 Å². The maximum Gasteiger partial charge on any atom is 0.305 e. The van der Waals surface area contributed by atoms with Gasteiger partial charge in [-0.05, 0) is 18.2 Å². The van der Waals surface area contributed by atoms with Crippen molar-refractivity contribution in [2.75, 3.05) is 0 Å². The van der Waals surface area contributed by atoms with Crippen molar-refractivity contribution >= 4 is 28.9 Å². The molecule has 0 aliphatic heterocycles. The Labute approximate surface area is 130 Å². The van der Waals surface area contributed by atoms with Crippen molar-refractivity contribution in [3.8, 4) is 5.75 Å². The number of alkyl halides is 1. The summed E-state index contributed by atoms with van der Waals surface area (Å²) in [6.07, 6.45) is 0. The second-order valence-electron chi connectivity index (χ2n) is 4.18. The van der Waals surface area contributed by atoms with Gasteiger partial charge in [0.15, 0.2) is 0 Å². The molecule has 0 fully saturated rings. The van der Waals surface area contributed by atoms with Crippen LogP contribution < -0.4 is 4.74 Å². The van der Waals surface area contributed by atoms with E-state index in [-0.39, 0.29) is 18.1 Å². The van der Waals surface area contributed by atoms with Crippen LogP contribution in [-0.2, 0) is 12.5 Å². The summed E-state index contributed by atoms with van der Waals surface area (Å²) < 4.78 is 19.4. The molecule has 21 heavy (non-hydrogen) atoms. The van der Waals surface area contributed by atoms with E-state index in [1.54, 1.807) is 18.2 Å². The van der Waals surface area contributed by atoms with Crippen LogP contribution >= 0.6 is 23.2 Å². The van der Waals surface area contributed by atoms with Gasteiger partial charge in [-0.25, -0.2) is 0 Å². The first-order valence-electron chi connectivity index (χ1n) is 5.92. The fourth-order valence-corrected chi connectivity index (χ4v) is 2.17. The van der Waals surface area contributed by atoms with Gasteiger partial charge in [-0.3, -0.25) is 10.1 Å². The Morgan fingerprint density at radius 2 is 2.00 bits per heavy atom. The van der Waals surface area contributed by atoms with Gasteiger partial charge in [-0.15, -0.1) is 11.6 Å². The second kappa shape index (κ2) is 6.74. The first-order chi connectivity index (χ1) is 10.0. The lowest BCUT2D eigenvalue weighted by atomic mass is 10.2.